The van der Waals surface area contributed by atoms with Crippen molar-refractivity contribution in [3.8, 4) is 5.82 Å². The molecule has 0 radical (unpaired) electrons. The van der Waals surface area contributed by atoms with Crippen LogP contribution in [0.4, 0.5) is 0 Å². The number of aliphatic hydroxyl groups excluding tert-OH is 1. The molecule has 2 aromatic heterocycles. The van der Waals surface area contributed by atoms with E-state index in [4.69, 9.17) is 0 Å². The summed E-state index contributed by atoms with van der Waals surface area (Å²) in [6.45, 7) is 1.93. The number of rotatable bonds is 2. The maximum atomic E-state index is 9.46. The van der Waals surface area contributed by atoms with Gasteiger partial charge in [-0.25, -0.2) is 9.67 Å². The van der Waals surface area contributed by atoms with Crippen LogP contribution < -0.4 is 0 Å². The summed E-state index contributed by atoms with van der Waals surface area (Å²) in [6, 6.07) is 9.81. The van der Waals surface area contributed by atoms with Gasteiger partial charge in [0.15, 0.2) is 5.82 Å². The van der Waals surface area contributed by atoms with Gasteiger partial charge < -0.3 is 5.11 Å². The lowest BCUT2D eigenvalue weighted by Gasteiger charge is -2.08. The largest absolute Gasteiger partial charge is 0.392 e. The van der Waals surface area contributed by atoms with Crippen molar-refractivity contribution in [2.75, 3.05) is 0 Å². The van der Waals surface area contributed by atoms with E-state index >= 15 is 0 Å². The molecule has 3 rings (SSSR count). The molecule has 4 nitrogen and oxygen atoms in total. The highest BCUT2D eigenvalue weighted by molar-refractivity contribution is 5.80. The van der Waals surface area contributed by atoms with Gasteiger partial charge in [-0.15, -0.1) is 0 Å². The first kappa shape index (κ1) is 10.9. The predicted molar refractivity (Wildman–Crippen MR) is 69.5 cm³/mol. The van der Waals surface area contributed by atoms with Crippen LogP contribution in [0.25, 0.3) is 16.7 Å². The van der Waals surface area contributed by atoms with Crippen LogP contribution in [0.2, 0.25) is 0 Å². The molecule has 18 heavy (non-hydrogen) atoms. The Morgan fingerprint density at radius 2 is 2.11 bits per heavy atom. The number of para-hydroxylation sites is 1. The van der Waals surface area contributed by atoms with E-state index in [1.165, 1.54) is 0 Å². The maximum Gasteiger partial charge on any atom is 0.159 e. The number of aromatic nitrogens is 3. The van der Waals surface area contributed by atoms with Gasteiger partial charge in [-0.2, -0.15) is 5.10 Å². The molecule has 0 spiro atoms. The van der Waals surface area contributed by atoms with Crippen LogP contribution >= 0.6 is 0 Å². The third-order valence-corrected chi connectivity index (χ3v) is 2.88. The van der Waals surface area contributed by atoms with Crippen LogP contribution in [0, 0.1) is 6.92 Å². The second-order valence-electron chi connectivity index (χ2n) is 4.28. The van der Waals surface area contributed by atoms with Crippen LogP contribution in [0.1, 0.15) is 11.1 Å². The Hall–Kier alpha value is -2.20. The smallest absolute Gasteiger partial charge is 0.159 e. The van der Waals surface area contributed by atoms with Gasteiger partial charge >= 0.3 is 0 Å². The molecule has 2 heterocycles. The van der Waals surface area contributed by atoms with E-state index < -0.39 is 0 Å². The van der Waals surface area contributed by atoms with E-state index in [1.807, 2.05) is 43.5 Å². The molecule has 1 N–H and O–H groups in total. The van der Waals surface area contributed by atoms with Crippen molar-refractivity contribution in [3.63, 3.8) is 0 Å². The monoisotopic (exact) mass is 239 g/mol. The van der Waals surface area contributed by atoms with E-state index in [1.54, 1.807) is 10.9 Å². The van der Waals surface area contributed by atoms with Gasteiger partial charge in [-0.1, -0.05) is 18.2 Å². The van der Waals surface area contributed by atoms with Gasteiger partial charge in [0.2, 0.25) is 0 Å². The molecule has 0 saturated carbocycles. The van der Waals surface area contributed by atoms with Crippen molar-refractivity contribution < 1.29 is 5.11 Å². The molecule has 0 unspecified atom stereocenters. The Morgan fingerprint density at radius 1 is 1.28 bits per heavy atom. The number of hydrogen-bond acceptors (Lipinski definition) is 3. The molecule has 0 aliphatic carbocycles. The lowest BCUT2D eigenvalue weighted by atomic mass is 10.1. The lowest BCUT2D eigenvalue weighted by Crippen LogP contribution is -2.03. The normalized spacial score (nSPS) is 11.0. The zero-order valence-corrected chi connectivity index (χ0v) is 10.0. The third-order valence-electron chi connectivity index (χ3n) is 2.88. The molecule has 1 aromatic carbocycles. The zero-order valence-electron chi connectivity index (χ0n) is 10.0. The van der Waals surface area contributed by atoms with Crippen molar-refractivity contribution in [3.05, 3.63) is 53.9 Å². The van der Waals surface area contributed by atoms with Gasteiger partial charge in [0.05, 0.1) is 18.3 Å². The molecular weight excluding hydrogens is 226 g/mol. The number of fused-ring (bicyclic) bond motifs is 1. The Labute approximate surface area is 105 Å². The van der Waals surface area contributed by atoms with Crippen LogP contribution in [0.15, 0.2) is 42.7 Å². The van der Waals surface area contributed by atoms with Crippen molar-refractivity contribution in [1.82, 2.24) is 14.8 Å². The number of nitrogens with zero attached hydrogens (tertiary/aromatic N) is 3. The van der Waals surface area contributed by atoms with Crippen molar-refractivity contribution in [1.29, 1.82) is 0 Å². The summed E-state index contributed by atoms with van der Waals surface area (Å²) in [7, 11) is 0. The second-order valence-corrected chi connectivity index (χ2v) is 4.28. The zero-order chi connectivity index (χ0) is 12.5. The quantitative estimate of drug-likeness (QED) is 0.746. The summed E-state index contributed by atoms with van der Waals surface area (Å²) in [5.74, 6) is 0.685. The summed E-state index contributed by atoms with van der Waals surface area (Å²) in [4.78, 5) is 4.57. The number of benzene rings is 1. The van der Waals surface area contributed by atoms with Gasteiger partial charge in [0.1, 0.15) is 0 Å². The van der Waals surface area contributed by atoms with E-state index in [-0.39, 0.29) is 6.61 Å². The Bertz CT molecular complexity index is 703. The highest BCUT2D eigenvalue weighted by atomic mass is 16.3. The molecule has 4 heteroatoms. The summed E-state index contributed by atoms with van der Waals surface area (Å²) >= 11 is 0. The van der Waals surface area contributed by atoms with Crippen LogP contribution in [-0.4, -0.2) is 19.9 Å². The molecule has 3 aromatic rings. The predicted octanol–water partition coefficient (Wildman–Crippen LogP) is 2.22. The molecule has 0 atom stereocenters. The van der Waals surface area contributed by atoms with Gasteiger partial charge in [0, 0.05) is 17.1 Å². The second kappa shape index (κ2) is 4.23. The fraction of sp³-hybridized carbons (Fsp3) is 0.143. The number of hydrogen-bond donors (Lipinski definition) is 1. The SMILES string of the molecule is Cc1cnn(-c2nc3ccccc3cc2CO)c1. The average Bonchev–Trinajstić information content (AvgIpc) is 2.83. The summed E-state index contributed by atoms with van der Waals surface area (Å²) in [6.07, 6.45) is 3.67. The summed E-state index contributed by atoms with van der Waals surface area (Å²) in [5.41, 5.74) is 2.74. The van der Waals surface area contributed by atoms with Gasteiger partial charge in [0.25, 0.3) is 0 Å². The highest BCUT2D eigenvalue weighted by Crippen LogP contribution is 2.19. The first-order valence-electron chi connectivity index (χ1n) is 5.79. The van der Waals surface area contributed by atoms with E-state index in [9.17, 15) is 5.11 Å². The number of pyridine rings is 1. The summed E-state index contributed by atoms with van der Waals surface area (Å²) < 4.78 is 1.70. The standard InChI is InChI=1S/C14H13N3O/c1-10-7-15-17(8-10)14-12(9-18)6-11-4-2-3-5-13(11)16-14/h2-8,18H,9H2,1H3. The van der Waals surface area contributed by atoms with Gasteiger partial charge in [-0.3, -0.25) is 0 Å². The Kier molecular flexibility index (Phi) is 2.57. The molecular formula is C14H13N3O. The van der Waals surface area contributed by atoms with Crippen molar-refractivity contribution in [2.45, 2.75) is 13.5 Å². The Morgan fingerprint density at radius 3 is 2.83 bits per heavy atom. The fourth-order valence-corrected chi connectivity index (χ4v) is 1.99. The van der Waals surface area contributed by atoms with E-state index in [2.05, 4.69) is 10.1 Å². The average molecular weight is 239 g/mol. The maximum absolute atomic E-state index is 9.46. The molecule has 0 amide bonds. The first-order chi connectivity index (χ1) is 8.78. The highest BCUT2D eigenvalue weighted by Gasteiger charge is 2.08. The van der Waals surface area contributed by atoms with Crippen molar-refractivity contribution in [2.24, 2.45) is 0 Å². The minimum Gasteiger partial charge on any atom is -0.392 e. The number of aryl methyl sites for hydroxylation is 1. The van der Waals surface area contributed by atoms with Crippen LogP contribution in [-0.2, 0) is 6.61 Å². The van der Waals surface area contributed by atoms with E-state index in [0.717, 1.165) is 22.0 Å². The molecule has 90 valence electrons. The number of aliphatic hydroxyl groups is 1. The van der Waals surface area contributed by atoms with Gasteiger partial charge in [-0.05, 0) is 24.6 Å². The van der Waals surface area contributed by atoms with Crippen LogP contribution in [0.3, 0.4) is 0 Å². The lowest BCUT2D eigenvalue weighted by molar-refractivity contribution is 0.281. The molecule has 0 saturated heterocycles. The Balaban J connectivity index is 2.26. The first-order valence-corrected chi connectivity index (χ1v) is 5.79. The molecule has 0 bridgehead atoms. The molecule has 0 aliphatic heterocycles. The van der Waals surface area contributed by atoms with Crippen LogP contribution in [0.5, 0.6) is 0 Å². The summed E-state index contributed by atoms with van der Waals surface area (Å²) in [5, 5.41) is 14.7. The molecule has 0 aliphatic rings. The minimum atomic E-state index is -0.0495. The van der Waals surface area contributed by atoms with E-state index in [0.29, 0.717) is 5.82 Å². The fourth-order valence-electron chi connectivity index (χ4n) is 1.99. The molecule has 0 fully saturated rings. The third kappa shape index (κ3) is 1.76. The van der Waals surface area contributed by atoms with Crippen molar-refractivity contribution >= 4 is 10.9 Å². The topological polar surface area (TPSA) is 50.9 Å². The minimum absolute atomic E-state index is 0.0495.